The Morgan fingerprint density at radius 2 is 2.00 bits per heavy atom. The second-order valence-electron chi connectivity index (χ2n) is 5.98. The SMILES string of the molecule is COC(=O)c1ccc(S(=O)(=O)NC2CCCCC2CN)cc1C.Cl. The van der Waals surface area contributed by atoms with Crippen molar-refractivity contribution in [1.82, 2.24) is 4.72 Å². The first-order valence-corrected chi connectivity index (χ1v) is 9.28. The Labute approximate surface area is 149 Å². The minimum atomic E-state index is -3.63. The van der Waals surface area contributed by atoms with Crippen molar-refractivity contribution in [3.05, 3.63) is 29.3 Å². The lowest BCUT2D eigenvalue weighted by molar-refractivity contribution is 0.0600. The van der Waals surface area contributed by atoms with Crippen LogP contribution in [0.5, 0.6) is 0 Å². The topological polar surface area (TPSA) is 98.5 Å². The van der Waals surface area contributed by atoms with Crippen LogP contribution in [0.4, 0.5) is 0 Å². The number of hydrogen-bond donors (Lipinski definition) is 2. The molecule has 1 aromatic carbocycles. The lowest BCUT2D eigenvalue weighted by atomic mass is 9.85. The van der Waals surface area contributed by atoms with Crippen LogP contribution in [0.1, 0.15) is 41.6 Å². The first-order valence-electron chi connectivity index (χ1n) is 7.80. The molecule has 3 N–H and O–H groups in total. The standard InChI is InChI=1S/C16H24N2O4S.ClH/c1-11-9-13(7-8-14(11)16(19)22-2)23(20,21)18-15-6-4-3-5-12(15)10-17;/h7-9,12,15,18H,3-6,10,17H2,1-2H3;1H. The van der Waals surface area contributed by atoms with Crippen molar-refractivity contribution in [2.75, 3.05) is 13.7 Å². The van der Waals surface area contributed by atoms with Gasteiger partial charge in [0.2, 0.25) is 10.0 Å². The molecule has 1 aromatic rings. The van der Waals surface area contributed by atoms with Crippen LogP contribution in [0, 0.1) is 12.8 Å². The fraction of sp³-hybridized carbons (Fsp3) is 0.562. The maximum atomic E-state index is 12.6. The third-order valence-electron chi connectivity index (χ3n) is 4.43. The molecule has 2 unspecified atom stereocenters. The van der Waals surface area contributed by atoms with Gasteiger partial charge in [-0.2, -0.15) is 0 Å². The van der Waals surface area contributed by atoms with E-state index < -0.39 is 16.0 Å². The van der Waals surface area contributed by atoms with Crippen molar-refractivity contribution < 1.29 is 17.9 Å². The molecule has 0 radical (unpaired) electrons. The average Bonchev–Trinajstić information content (AvgIpc) is 2.54. The molecule has 1 fully saturated rings. The quantitative estimate of drug-likeness (QED) is 0.766. The fourth-order valence-electron chi connectivity index (χ4n) is 3.05. The highest BCUT2D eigenvalue weighted by Gasteiger charge is 2.29. The Kier molecular flexibility index (Phi) is 7.66. The lowest BCUT2D eigenvalue weighted by Crippen LogP contribution is -2.44. The van der Waals surface area contributed by atoms with Gasteiger partial charge in [-0.1, -0.05) is 12.8 Å². The number of rotatable bonds is 5. The number of ether oxygens (including phenoxy) is 1. The Hall–Kier alpha value is -1.15. The summed E-state index contributed by atoms with van der Waals surface area (Å²) < 4.78 is 32.6. The molecular formula is C16H25ClN2O4S. The smallest absolute Gasteiger partial charge is 0.338 e. The zero-order valence-corrected chi connectivity index (χ0v) is 15.6. The van der Waals surface area contributed by atoms with E-state index in [2.05, 4.69) is 9.46 Å². The summed E-state index contributed by atoms with van der Waals surface area (Å²) in [5, 5.41) is 0. The average molecular weight is 377 g/mol. The fourth-order valence-corrected chi connectivity index (χ4v) is 4.48. The minimum absolute atomic E-state index is 0. The molecule has 2 rings (SSSR count). The van der Waals surface area contributed by atoms with Crippen LogP contribution in [0.25, 0.3) is 0 Å². The van der Waals surface area contributed by atoms with Gasteiger partial charge in [-0.15, -0.1) is 12.4 Å². The number of hydrogen-bond acceptors (Lipinski definition) is 5. The molecule has 8 heteroatoms. The van der Waals surface area contributed by atoms with Crippen molar-refractivity contribution in [2.24, 2.45) is 11.7 Å². The van der Waals surface area contributed by atoms with Crippen molar-refractivity contribution >= 4 is 28.4 Å². The van der Waals surface area contributed by atoms with E-state index in [-0.39, 0.29) is 29.3 Å². The first-order chi connectivity index (χ1) is 10.9. The summed E-state index contributed by atoms with van der Waals surface area (Å²) >= 11 is 0. The van der Waals surface area contributed by atoms with Gasteiger partial charge in [-0.25, -0.2) is 17.9 Å². The zero-order valence-electron chi connectivity index (χ0n) is 13.9. The van der Waals surface area contributed by atoms with Gasteiger partial charge < -0.3 is 10.5 Å². The summed E-state index contributed by atoms with van der Waals surface area (Å²) in [5.41, 5.74) is 6.69. The number of nitrogens with one attached hydrogen (secondary N) is 1. The number of carbonyl (C=O) groups excluding carboxylic acids is 1. The van der Waals surface area contributed by atoms with E-state index >= 15 is 0 Å². The van der Waals surface area contributed by atoms with Gasteiger partial charge in [0.25, 0.3) is 0 Å². The number of aryl methyl sites for hydroxylation is 1. The summed E-state index contributed by atoms with van der Waals surface area (Å²) in [5.74, 6) is -0.302. The third kappa shape index (κ3) is 4.69. The molecule has 6 nitrogen and oxygen atoms in total. The van der Waals surface area contributed by atoms with Crippen molar-refractivity contribution in [1.29, 1.82) is 0 Å². The number of sulfonamides is 1. The maximum Gasteiger partial charge on any atom is 0.338 e. The molecule has 0 heterocycles. The molecule has 2 atom stereocenters. The van der Waals surface area contributed by atoms with Gasteiger partial charge >= 0.3 is 5.97 Å². The van der Waals surface area contributed by atoms with E-state index in [1.807, 2.05) is 0 Å². The number of benzene rings is 1. The van der Waals surface area contributed by atoms with Gasteiger partial charge in [0.05, 0.1) is 17.6 Å². The summed E-state index contributed by atoms with van der Waals surface area (Å²) in [6.07, 6.45) is 3.85. The van der Waals surface area contributed by atoms with Crippen LogP contribution < -0.4 is 10.5 Å². The van der Waals surface area contributed by atoms with E-state index in [0.29, 0.717) is 17.7 Å². The highest BCUT2D eigenvalue weighted by atomic mass is 35.5. The molecule has 0 aromatic heterocycles. The van der Waals surface area contributed by atoms with E-state index in [1.165, 1.54) is 25.3 Å². The van der Waals surface area contributed by atoms with E-state index in [0.717, 1.165) is 25.7 Å². The summed E-state index contributed by atoms with van der Waals surface area (Å²) in [4.78, 5) is 11.7. The van der Waals surface area contributed by atoms with Crippen LogP contribution in [-0.2, 0) is 14.8 Å². The number of methoxy groups -OCH3 is 1. The number of esters is 1. The monoisotopic (exact) mass is 376 g/mol. The number of nitrogens with two attached hydrogens (primary N) is 1. The predicted octanol–water partition coefficient (Wildman–Crippen LogP) is 2.00. The van der Waals surface area contributed by atoms with Gasteiger partial charge in [0, 0.05) is 6.04 Å². The molecule has 1 aliphatic rings. The van der Waals surface area contributed by atoms with Gasteiger partial charge in [-0.05, 0) is 56.0 Å². The van der Waals surface area contributed by atoms with Crippen LogP contribution in [0.2, 0.25) is 0 Å². The molecular weight excluding hydrogens is 352 g/mol. The molecule has 24 heavy (non-hydrogen) atoms. The Bertz CT molecular complexity index is 679. The summed E-state index contributed by atoms with van der Waals surface area (Å²) in [6.45, 7) is 2.17. The molecule has 1 saturated carbocycles. The van der Waals surface area contributed by atoms with E-state index in [1.54, 1.807) is 6.92 Å². The van der Waals surface area contributed by atoms with Crippen molar-refractivity contribution in [3.8, 4) is 0 Å². The minimum Gasteiger partial charge on any atom is -0.465 e. The molecule has 0 amide bonds. The Balaban J connectivity index is 0.00000288. The van der Waals surface area contributed by atoms with Crippen LogP contribution in [0.15, 0.2) is 23.1 Å². The Morgan fingerprint density at radius 1 is 1.33 bits per heavy atom. The first kappa shape index (κ1) is 20.9. The number of halogens is 1. The number of carbonyl (C=O) groups is 1. The highest BCUT2D eigenvalue weighted by Crippen LogP contribution is 2.25. The van der Waals surface area contributed by atoms with Crippen molar-refractivity contribution in [3.63, 3.8) is 0 Å². The Morgan fingerprint density at radius 3 is 2.58 bits per heavy atom. The zero-order chi connectivity index (χ0) is 17.0. The summed E-state index contributed by atoms with van der Waals surface area (Å²) in [7, 11) is -2.34. The van der Waals surface area contributed by atoms with Gasteiger partial charge in [-0.3, -0.25) is 0 Å². The normalized spacial score (nSPS) is 21.0. The lowest BCUT2D eigenvalue weighted by Gasteiger charge is -2.31. The second kappa shape index (κ2) is 8.80. The van der Waals surface area contributed by atoms with Gasteiger partial charge in [0.15, 0.2) is 0 Å². The second-order valence-corrected chi connectivity index (χ2v) is 7.69. The van der Waals surface area contributed by atoms with Crippen LogP contribution in [0.3, 0.4) is 0 Å². The van der Waals surface area contributed by atoms with E-state index in [4.69, 9.17) is 5.73 Å². The van der Waals surface area contributed by atoms with Crippen LogP contribution in [-0.4, -0.2) is 34.1 Å². The highest BCUT2D eigenvalue weighted by molar-refractivity contribution is 7.89. The third-order valence-corrected chi connectivity index (χ3v) is 5.92. The molecule has 0 saturated heterocycles. The largest absolute Gasteiger partial charge is 0.465 e. The maximum absolute atomic E-state index is 12.6. The molecule has 0 spiro atoms. The molecule has 0 bridgehead atoms. The van der Waals surface area contributed by atoms with Crippen molar-refractivity contribution in [2.45, 2.75) is 43.5 Å². The van der Waals surface area contributed by atoms with E-state index in [9.17, 15) is 13.2 Å². The van der Waals surface area contributed by atoms with Crippen LogP contribution >= 0.6 is 12.4 Å². The summed E-state index contributed by atoms with van der Waals surface area (Å²) in [6, 6.07) is 4.28. The molecule has 136 valence electrons. The predicted molar refractivity (Wildman–Crippen MR) is 94.9 cm³/mol. The molecule has 1 aliphatic carbocycles. The van der Waals surface area contributed by atoms with Gasteiger partial charge in [0.1, 0.15) is 0 Å². The molecule has 0 aliphatic heterocycles.